The van der Waals surface area contributed by atoms with Crippen LogP contribution in [-0.2, 0) is 13.0 Å². The maximum atomic E-state index is 5.16. The average Bonchev–Trinajstić information content (AvgIpc) is 2.96. The van der Waals surface area contributed by atoms with Crippen molar-refractivity contribution < 1.29 is 4.42 Å². The highest BCUT2D eigenvalue weighted by atomic mass is 32.1. The Labute approximate surface area is 98.7 Å². The lowest BCUT2D eigenvalue weighted by molar-refractivity contribution is 0.457. The van der Waals surface area contributed by atoms with Gasteiger partial charge in [-0.15, -0.1) is 11.3 Å². The highest BCUT2D eigenvalue weighted by Crippen LogP contribution is 2.20. The van der Waals surface area contributed by atoms with Crippen molar-refractivity contribution in [1.29, 1.82) is 0 Å². The Morgan fingerprint density at radius 1 is 1.50 bits per heavy atom. The fourth-order valence-electron chi connectivity index (χ4n) is 1.36. The van der Waals surface area contributed by atoms with Gasteiger partial charge in [0.25, 0.3) is 0 Å². The second kappa shape index (κ2) is 5.23. The summed E-state index contributed by atoms with van der Waals surface area (Å²) >= 11 is 1.76. The molecule has 0 bridgehead atoms. The Balaban J connectivity index is 1.90. The smallest absolute Gasteiger partial charge is 0.180 e. The van der Waals surface area contributed by atoms with E-state index in [-0.39, 0.29) is 6.04 Å². The van der Waals surface area contributed by atoms with Crippen molar-refractivity contribution in [3.63, 3.8) is 0 Å². The van der Waals surface area contributed by atoms with Crippen LogP contribution in [0.2, 0.25) is 0 Å². The summed E-state index contributed by atoms with van der Waals surface area (Å²) in [5.74, 6) is 0.846. The maximum Gasteiger partial charge on any atom is 0.180 e. The molecular formula is C11H15N3OS. The molecule has 0 fully saturated rings. The van der Waals surface area contributed by atoms with E-state index in [1.54, 1.807) is 17.5 Å². The molecule has 1 unspecified atom stereocenters. The van der Waals surface area contributed by atoms with Crippen LogP contribution in [0.5, 0.6) is 0 Å². The Morgan fingerprint density at radius 3 is 3.00 bits per heavy atom. The molecular weight excluding hydrogens is 222 g/mol. The van der Waals surface area contributed by atoms with Gasteiger partial charge in [-0.05, 0) is 13.3 Å². The van der Waals surface area contributed by atoms with Crippen molar-refractivity contribution in [2.75, 3.05) is 0 Å². The predicted octanol–water partition coefficient (Wildman–Crippen LogP) is 2.54. The standard InChI is InChI=1S/C11H15N3OS/c1-3-10-6-14-11(16-10)8(2)13-5-9-4-12-7-15-9/h4,6-8,13H,3,5H2,1-2H3. The molecule has 1 atom stereocenters. The minimum atomic E-state index is 0.246. The Hall–Kier alpha value is -1.20. The number of aryl methyl sites for hydroxylation is 1. The normalized spacial score (nSPS) is 12.9. The molecule has 2 aromatic rings. The summed E-state index contributed by atoms with van der Waals surface area (Å²) in [6.45, 7) is 4.93. The van der Waals surface area contributed by atoms with E-state index in [1.807, 2.05) is 6.20 Å². The fraction of sp³-hybridized carbons (Fsp3) is 0.455. The van der Waals surface area contributed by atoms with Gasteiger partial charge in [0.05, 0.1) is 18.8 Å². The van der Waals surface area contributed by atoms with Crippen molar-refractivity contribution >= 4 is 11.3 Å². The molecule has 5 heteroatoms. The number of hydrogen-bond donors (Lipinski definition) is 1. The average molecular weight is 237 g/mol. The molecule has 2 rings (SSSR count). The summed E-state index contributed by atoms with van der Waals surface area (Å²) in [5.41, 5.74) is 0. The lowest BCUT2D eigenvalue weighted by Gasteiger charge is -2.08. The molecule has 0 spiro atoms. The van der Waals surface area contributed by atoms with Gasteiger partial charge >= 0.3 is 0 Å². The number of aromatic nitrogens is 2. The van der Waals surface area contributed by atoms with Crippen LogP contribution in [0.25, 0.3) is 0 Å². The molecule has 0 amide bonds. The van der Waals surface area contributed by atoms with E-state index in [0.717, 1.165) is 17.2 Å². The van der Waals surface area contributed by atoms with E-state index in [1.165, 1.54) is 11.3 Å². The Bertz CT molecular complexity index is 424. The van der Waals surface area contributed by atoms with Crippen LogP contribution >= 0.6 is 11.3 Å². The largest absolute Gasteiger partial charge is 0.447 e. The van der Waals surface area contributed by atoms with Gasteiger partial charge in [-0.2, -0.15) is 0 Å². The number of thiazole rings is 1. The predicted molar refractivity (Wildman–Crippen MR) is 63.2 cm³/mol. The van der Waals surface area contributed by atoms with E-state index in [4.69, 9.17) is 4.42 Å². The summed E-state index contributed by atoms with van der Waals surface area (Å²) in [7, 11) is 0. The van der Waals surface area contributed by atoms with Crippen molar-refractivity contribution in [3.8, 4) is 0 Å². The molecule has 0 aliphatic carbocycles. The van der Waals surface area contributed by atoms with Gasteiger partial charge in [-0.25, -0.2) is 9.97 Å². The number of hydrogen-bond acceptors (Lipinski definition) is 5. The third-order valence-electron chi connectivity index (χ3n) is 2.36. The van der Waals surface area contributed by atoms with E-state index in [2.05, 4.69) is 29.1 Å². The number of nitrogens with zero attached hydrogens (tertiary/aromatic N) is 2. The molecule has 86 valence electrons. The van der Waals surface area contributed by atoms with E-state index >= 15 is 0 Å². The van der Waals surface area contributed by atoms with E-state index in [0.29, 0.717) is 6.54 Å². The summed E-state index contributed by atoms with van der Waals surface area (Å²) in [4.78, 5) is 9.59. The summed E-state index contributed by atoms with van der Waals surface area (Å²) in [5, 5.41) is 4.47. The number of rotatable bonds is 5. The van der Waals surface area contributed by atoms with E-state index in [9.17, 15) is 0 Å². The van der Waals surface area contributed by atoms with Gasteiger partial charge in [-0.1, -0.05) is 6.92 Å². The summed E-state index contributed by atoms with van der Waals surface area (Å²) < 4.78 is 5.16. The van der Waals surface area contributed by atoms with Crippen LogP contribution in [0.1, 0.15) is 35.5 Å². The maximum absolute atomic E-state index is 5.16. The molecule has 1 N–H and O–H groups in total. The van der Waals surface area contributed by atoms with Crippen LogP contribution in [0.15, 0.2) is 23.2 Å². The number of nitrogens with one attached hydrogen (secondary N) is 1. The third-order valence-corrected chi connectivity index (χ3v) is 3.68. The molecule has 16 heavy (non-hydrogen) atoms. The van der Waals surface area contributed by atoms with Gasteiger partial charge in [0.15, 0.2) is 6.39 Å². The quantitative estimate of drug-likeness (QED) is 0.868. The molecule has 0 aromatic carbocycles. The van der Waals surface area contributed by atoms with Gasteiger partial charge < -0.3 is 9.73 Å². The van der Waals surface area contributed by atoms with Crippen molar-refractivity contribution in [2.45, 2.75) is 32.9 Å². The zero-order valence-corrected chi connectivity index (χ0v) is 10.3. The molecule has 0 aliphatic rings. The molecule has 0 saturated carbocycles. The third kappa shape index (κ3) is 2.68. The monoisotopic (exact) mass is 237 g/mol. The number of oxazole rings is 1. The topological polar surface area (TPSA) is 51.0 Å². The minimum absolute atomic E-state index is 0.246. The lowest BCUT2D eigenvalue weighted by atomic mass is 10.3. The Morgan fingerprint density at radius 2 is 2.38 bits per heavy atom. The van der Waals surface area contributed by atoms with Crippen LogP contribution in [-0.4, -0.2) is 9.97 Å². The lowest BCUT2D eigenvalue weighted by Crippen LogP contribution is -2.17. The SMILES string of the molecule is CCc1cnc(C(C)NCc2cnco2)s1. The summed E-state index contributed by atoms with van der Waals surface area (Å²) in [6, 6.07) is 0.246. The molecule has 0 saturated heterocycles. The molecule has 2 aromatic heterocycles. The highest BCUT2D eigenvalue weighted by molar-refractivity contribution is 7.11. The first-order valence-electron chi connectivity index (χ1n) is 5.35. The van der Waals surface area contributed by atoms with Crippen molar-refractivity contribution in [1.82, 2.24) is 15.3 Å². The van der Waals surface area contributed by atoms with Gasteiger partial charge in [0.2, 0.25) is 0 Å². The van der Waals surface area contributed by atoms with Gasteiger partial charge in [0, 0.05) is 11.1 Å². The fourth-order valence-corrected chi connectivity index (χ4v) is 2.24. The second-order valence-electron chi connectivity index (χ2n) is 3.59. The first-order valence-corrected chi connectivity index (χ1v) is 6.16. The highest BCUT2D eigenvalue weighted by Gasteiger charge is 2.10. The zero-order valence-electron chi connectivity index (χ0n) is 9.43. The van der Waals surface area contributed by atoms with Crippen LogP contribution in [0.4, 0.5) is 0 Å². The summed E-state index contributed by atoms with van der Waals surface area (Å²) in [6.07, 6.45) is 6.17. The van der Waals surface area contributed by atoms with Crippen LogP contribution in [0.3, 0.4) is 0 Å². The van der Waals surface area contributed by atoms with Gasteiger partial charge in [-0.3, -0.25) is 0 Å². The Kier molecular flexibility index (Phi) is 3.69. The zero-order chi connectivity index (χ0) is 11.4. The van der Waals surface area contributed by atoms with Crippen LogP contribution < -0.4 is 5.32 Å². The molecule has 4 nitrogen and oxygen atoms in total. The second-order valence-corrected chi connectivity index (χ2v) is 4.74. The first-order chi connectivity index (χ1) is 7.79. The van der Waals surface area contributed by atoms with E-state index < -0.39 is 0 Å². The van der Waals surface area contributed by atoms with Crippen LogP contribution in [0, 0.1) is 0 Å². The molecule has 2 heterocycles. The van der Waals surface area contributed by atoms with Gasteiger partial charge in [0.1, 0.15) is 10.8 Å². The van der Waals surface area contributed by atoms with Crippen molar-refractivity contribution in [2.24, 2.45) is 0 Å². The molecule has 0 radical (unpaired) electrons. The molecule has 0 aliphatic heterocycles. The minimum Gasteiger partial charge on any atom is -0.447 e. The first kappa shape index (κ1) is 11.3. The van der Waals surface area contributed by atoms with Crippen molar-refractivity contribution in [3.05, 3.63) is 34.4 Å².